The summed E-state index contributed by atoms with van der Waals surface area (Å²) in [5.41, 5.74) is 4.53. The van der Waals surface area contributed by atoms with Crippen LogP contribution >= 0.6 is 0 Å². The zero-order valence-electron chi connectivity index (χ0n) is 30.2. The van der Waals surface area contributed by atoms with Crippen molar-refractivity contribution in [2.24, 2.45) is 5.92 Å². The molecule has 1 amide bonds. The molecular weight excluding hydrogens is 641 g/mol. The van der Waals surface area contributed by atoms with Crippen LogP contribution in [0.15, 0.2) is 85.1 Å². The number of anilines is 1. The van der Waals surface area contributed by atoms with Crippen molar-refractivity contribution in [3.8, 4) is 5.75 Å². The molecule has 0 aliphatic carbocycles. The van der Waals surface area contributed by atoms with Crippen molar-refractivity contribution in [1.29, 1.82) is 0 Å². The molecule has 2 aliphatic rings. The van der Waals surface area contributed by atoms with Gasteiger partial charge in [0.05, 0.1) is 45.6 Å². The van der Waals surface area contributed by atoms with Crippen molar-refractivity contribution in [3.05, 3.63) is 102 Å². The quantitative estimate of drug-likeness (QED) is 0.150. The molecule has 0 spiro atoms. The van der Waals surface area contributed by atoms with Crippen molar-refractivity contribution in [3.63, 3.8) is 0 Å². The third kappa shape index (κ3) is 8.22. The molecule has 1 N–H and O–H groups in total. The van der Waals surface area contributed by atoms with Crippen molar-refractivity contribution in [1.82, 2.24) is 15.0 Å². The van der Waals surface area contributed by atoms with E-state index >= 15 is 0 Å². The standard InChI is InChI=1S/C41H54N4O4Si/c1-30-38(24-17-31-15-18-33(19-16-31)45-26-11-6-5-10-14-40(45)47)49-39(41(30)50(3,4)35-22-20-34(48-2)21-23-35)25-27-44-28-37(42-43-44)36(29-46)32-12-8-7-9-13-32/h7-9,12-13,15-16,18-23,28,30,36,38-39,41,46H,5-6,10-11,14,17,24-27,29H2,1-4H3/t30-,36?,38+,39-,41+/m1/s1. The molecule has 2 fully saturated rings. The number of aryl methyl sites for hydroxylation is 2. The van der Waals surface area contributed by atoms with Gasteiger partial charge in [-0.2, -0.15) is 0 Å². The highest BCUT2D eigenvalue weighted by Crippen LogP contribution is 2.46. The van der Waals surface area contributed by atoms with Gasteiger partial charge in [0, 0.05) is 31.4 Å². The predicted molar refractivity (Wildman–Crippen MR) is 202 cm³/mol. The van der Waals surface area contributed by atoms with Crippen molar-refractivity contribution < 1.29 is 19.4 Å². The number of carbonyl (C=O) groups is 1. The number of amides is 1. The lowest BCUT2D eigenvalue weighted by atomic mass is 9.95. The number of methoxy groups -OCH3 is 1. The summed E-state index contributed by atoms with van der Waals surface area (Å²) in [5, 5.41) is 20.5. The highest BCUT2D eigenvalue weighted by molar-refractivity contribution is 6.91. The number of nitrogens with zero attached hydrogens (tertiary/aromatic N) is 4. The van der Waals surface area contributed by atoms with Gasteiger partial charge in [-0.15, -0.1) is 5.10 Å². The molecule has 266 valence electrons. The Morgan fingerprint density at radius 1 is 0.940 bits per heavy atom. The molecule has 50 heavy (non-hydrogen) atoms. The molecule has 3 aromatic carbocycles. The number of ether oxygens (including phenoxy) is 2. The Balaban J connectivity index is 1.16. The first-order chi connectivity index (χ1) is 24.3. The lowest BCUT2D eigenvalue weighted by Crippen LogP contribution is -2.50. The molecule has 0 radical (unpaired) electrons. The second-order valence-corrected chi connectivity index (χ2v) is 19.5. The van der Waals surface area contributed by atoms with E-state index in [1.807, 2.05) is 46.1 Å². The SMILES string of the molecule is COc1ccc([Si](C)(C)[C@H]2[C@H](C)[C@H](CCc3ccc(N4CCCCCCC4=O)cc3)O[C@@H]2CCn2cc(C(CO)c3ccccc3)nn2)cc1. The van der Waals surface area contributed by atoms with Crippen LogP contribution in [0.1, 0.15) is 74.6 Å². The van der Waals surface area contributed by atoms with Crippen molar-refractivity contribution in [2.45, 2.75) is 102 Å². The first-order valence-corrected chi connectivity index (χ1v) is 21.6. The van der Waals surface area contributed by atoms with Gasteiger partial charge in [0.25, 0.3) is 0 Å². The zero-order chi connectivity index (χ0) is 35.1. The second kappa shape index (κ2) is 16.5. The van der Waals surface area contributed by atoms with Gasteiger partial charge in [0.1, 0.15) is 5.75 Å². The van der Waals surface area contributed by atoms with Crippen molar-refractivity contribution >= 4 is 24.9 Å². The first-order valence-electron chi connectivity index (χ1n) is 18.5. The number of benzene rings is 3. The maximum absolute atomic E-state index is 12.8. The maximum atomic E-state index is 12.8. The lowest BCUT2D eigenvalue weighted by Gasteiger charge is -2.36. The third-order valence-corrected chi connectivity index (χ3v) is 15.7. The van der Waals surface area contributed by atoms with Gasteiger partial charge >= 0.3 is 0 Å². The fraction of sp³-hybridized carbons (Fsp3) is 0.488. The van der Waals surface area contributed by atoms with Crippen LogP contribution in [0.2, 0.25) is 18.6 Å². The van der Waals surface area contributed by atoms with Crippen LogP contribution in [-0.2, 0) is 22.5 Å². The third-order valence-electron chi connectivity index (χ3n) is 11.3. The molecule has 1 unspecified atom stereocenters. The number of carbonyl (C=O) groups excluding carboxylic acids is 1. The van der Waals surface area contributed by atoms with Crippen LogP contribution in [-0.4, -0.2) is 66.6 Å². The zero-order valence-corrected chi connectivity index (χ0v) is 31.2. The summed E-state index contributed by atoms with van der Waals surface area (Å²) in [4.78, 5) is 14.8. The van der Waals surface area contributed by atoms with Gasteiger partial charge in [-0.3, -0.25) is 9.48 Å². The average Bonchev–Trinajstić information content (AvgIpc) is 3.73. The van der Waals surface area contributed by atoms with E-state index in [1.54, 1.807) is 7.11 Å². The first kappa shape index (κ1) is 36.0. The van der Waals surface area contributed by atoms with Gasteiger partial charge in [-0.25, -0.2) is 0 Å². The molecule has 1 aromatic heterocycles. The largest absolute Gasteiger partial charge is 0.497 e. The summed E-state index contributed by atoms with van der Waals surface area (Å²) in [6.45, 7) is 8.86. The summed E-state index contributed by atoms with van der Waals surface area (Å²) in [6.07, 6.45) is 10.00. The summed E-state index contributed by atoms with van der Waals surface area (Å²) in [7, 11) is -0.282. The number of hydrogen-bond acceptors (Lipinski definition) is 6. The number of aliphatic hydroxyl groups excluding tert-OH is 1. The van der Waals surface area contributed by atoms with E-state index in [4.69, 9.17) is 9.47 Å². The lowest BCUT2D eigenvalue weighted by molar-refractivity contribution is -0.118. The van der Waals surface area contributed by atoms with E-state index in [-0.39, 0.29) is 30.6 Å². The van der Waals surface area contributed by atoms with Gasteiger partial charge in [0.15, 0.2) is 0 Å². The van der Waals surface area contributed by atoms with E-state index in [1.165, 1.54) is 17.2 Å². The molecule has 0 saturated carbocycles. The molecule has 2 saturated heterocycles. The van der Waals surface area contributed by atoms with E-state index < -0.39 is 8.07 Å². The Labute approximate surface area is 298 Å². The van der Waals surface area contributed by atoms with E-state index in [9.17, 15) is 9.90 Å². The van der Waals surface area contributed by atoms with E-state index in [2.05, 4.69) is 78.9 Å². The van der Waals surface area contributed by atoms with Gasteiger partial charge in [-0.05, 0) is 79.0 Å². The molecule has 0 bridgehead atoms. The fourth-order valence-corrected chi connectivity index (χ4v) is 12.5. The summed E-state index contributed by atoms with van der Waals surface area (Å²) in [5.74, 6) is 1.32. The molecule has 4 aromatic rings. The number of aliphatic hydroxyl groups is 1. The number of rotatable bonds is 13. The Morgan fingerprint density at radius 2 is 1.68 bits per heavy atom. The topological polar surface area (TPSA) is 89.7 Å². The Morgan fingerprint density at radius 3 is 2.40 bits per heavy atom. The normalized spacial score (nSPS) is 22.3. The Bertz CT molecular complexity index is 1660. The maximum Gasteiger partial charge on any atom is 0.226 e. The monoisotopic (exact) mass is 694 g/mol. The molecular formula is C41H54N4O4Si. The minimum atomic E-state index is -2.00. The van der Waals surface area contributed by atoms with Crippen LogP contribution in [0.5, 0.6) is 5.75 Å². The second-order valence-electron chi connectivity index (χ2n) is 14.8. The van der Waals surface area contributed by atoms with Crippen LogP contribution in [0.4, 0.5) is 5.69 Å². The van der Waals surface area contributed by atoms with E-state index in [0.717, 1.165) is 67.8 Å². The Hall–Kier alpha value is -3.79. The molecule has 3 heterocycles. The molecule has 5 atom stereocenters. The van der Waals surface area contributed by atoms with Gasteiger partial charge in [0.2, 0.25) is 5.91 Å². The predicted octanol–water partition coefficient (Wildman–Crippen LogP) is 7.12. The van der Waals surface area contributed by atoms with Gasteiger partial charge in [-0.1, -0.05) is 97.9 Å². The fourth-order valence-electron chi connectivity index (χ4n) is 8.40. The number of hydrogen-bond donors (Lipinski definition) is 1. The molecule has 2 aliphatic heterocycles. The van der Waals surface area contributed by atoms with Crippen molar-refractivity contribution in [2.75, 3.05) is 25.2 Å². The van der Waals surface area contributed by atoms with Crippen LogP contribution in [0.25, 0.3) is 0 Å². The summed E-state index contributed by atoms with van der Waals surface area (Å²) >= 11 is 0. The van der Waals surface area contributed by atoms with Crippen LogP contribution in [0, 0.1) is 5.92 Å². The number of aromatic nitrogens is 3. The molecule has 6 rings (SSSR count). The minimum Gasteiger partial charge on any atom is -0.497 e. The summed E-state index contributed by atoms with van der Waals surface area (Å²) < 4.78 is 14.4. The Kier molecular flexibility index (Phi) is 11.9. The average molecular weight is 695 g/mol. The van der Waals surface area contributed by atoms with Gasteiger partial charge < -0.3 is 19.5 Å². The van der Waals surface area contributed by atoms with Crippen LogP contribution in [0.3, 0.4) is 0 Å². The molecule has 9 heteroatoms. The highest BCUT2D eigenvalue weighted by Gasteiger charge is 2.50. The minimum absolute atomic E-state index is 0.0174. The smallest absolute Gasteiger partial charge is 0.226 e. The van der Waals surface area contributed by atoms with Crippen LogP contribution < -0.4 is 14.8 Å². The molecule has 8 nitrogen and oxygen atoms in total. The highest BCUT2D eigenvalue weighted by atomic mass is 28.3. The summed E-state index contributed by atoms with van der Waals surface area (Å²) in [6, 6.07) is 27.3. The van der Waals surface area contributed by atoms with E-state index in [0.29, 0.717) is 24.4 Å².